The highest BCUT2D eigenvalue weighted by atomic mass is 32.2. The molecule has 0 saturated carbocycles. The molecule has 0 aliphatic carbocycles. The van der Waals surface area contributed by atoms with Gasteiger partial charge in [-0.15, -0.1) is 0 Å². The van der Waals surface area contributed by atoms with Crippen LogP contribution in [0.25, 0.3) is 17.2 Å². The van der Waals surface area contributed by atoms with Crippen molar-refractivity contribution in [2.45, 2.75) is 23.3 Å². The van der Waals surface area contributed by atoms with Crippen LogP contribution in [0.2, 0.25) is 0 Å². The predicted octanol–water partition coefficient (Wildman–Crippen LogP) is 7.54. The molecule has 0 heterocycles. The average molecular weight is 473 g/mol. The van der Waals surface area contributed by atoms with E-state index in [1.165, 1.54) is 29.6 Å². The minimum atomic E-state index is -0.0628. The molecule has 0 aromatic heterocycles. The van der Waals surface area contributed by atoms with Gasteiger partial charge < -0.3 is 4.74 Å². The maximum Gasteiger partial charge on any atom is 0.219 e. The number of thioether (sulfide) groups is 2. The van der Waals surface area contributed by atoms with Crippen LogP contribution in [0.5, 0.6) is 0 Å². The van der Waals surface area contributed by atoms with Gasteiger partial charge in [0.15, 0.2) is 0 Å². The molecule has 0 saturated heterocycles. The van der Waals surface area contributed by atoms with Crippen LogP contribution in [0.15, 0.2) is 114 Å². The Morgan fingerprint density at radius 2 is 1.39 bits per heavy atom. The van der Waals surface area contributed by atoms with Crippen molar-refractivity contribution < 1.29 is 14.3 Å². The fraction of sp³-hybridized carbons (Fsp3) is 0.0714. The molecule has 166 valence electrons. The van der Waals surface area contributed by atoms with Crippen LogP contribution in [0, 0.1) is 0 Å². The highest BCUT2D eigenvalue weighted by Crippen LogP contribution is 2.25. The molecule has 3 aromatic carbocycles. The predicted molar refractivity (Wildman–Crippen MR) is 139 cm³/mol. The van der Waals surface area contributed by atoms with E-state index in [4.69, 9.17) is 4.74 Å². The maximum atomic E-state index is 11.7. The Labute approximate surface area is 203 Å². The first kappa shape index (κ1) is 24.4. The van der Waals surface area contributed by atoms with Gasteiger partial charge in [-0.25, -0.2) is 0 Å². The van der Waals surface area contributed by atoms with Gasteiger partial charge in [-0.05, 0) is 94.7 Å². The van der Waals surface area contributed by atoms with Crippen LogP contribution in [0.1, 0.15) is 18.1 Å². The van der Waals surface area contributed by atoms with E-state index >= 15 is 0 Å². The van der Waals surface area contributed by atoms with Gasteiger partial charge in [-0.3, -0.25) is 9.59 Å². The fourth-order valence-electron chi connectivity index (χ4n) is 2.78. The van der Waals surface area contributed by atoms with Gasteiger partial charge in [0.1, 0.15) is 6.61 Å². The molecule has 0 atom stereocenters. The molecular weight excluding hydrogens is 448 g/mol. The molecule has 0 aliphatic rings. The summed E-state index contributed by atoms with van der Waals surface area (Å²) in [5, 5.41) is -0.0869. The van der Waals surface area contributed by atoms with E-state index in [2.05, 4.69) is 25.3 Å². The smallest absolute Gasteiger partial charge is 0.219 e. The number of hydrogen-bond donors (Lipinski definition) is 0. The Bertz CT molecular complexity index is 1160. The molecule has 33 heavy (non-hydrogen) atoms. The molecule has 0 N–H and O–H groups in total. The van der Waals surface area contributed by atoms with Crippen molar-refractivity contribution in [2.24, 2.45) is 0 Å². The molecule has 0 unspecified atom stereocenters. The monoisotopic (exact) mass is 472 g/mol. The molecule has 5 heteroatoms. The van der Waals surface area contributed by atoms with Gasteiger partial charge in [-0.1, -0.05) is 61.7 Å². The van der Waals surface area contributed by atoms with Crippen molar-refractivity contribution in [3.05, 3.63) is 115 Å². The third-order valence-corrected chi connectivity index (χ3v) is 6.49. The molecule has 0 spiro atoms. The zero-order valence-electron chi connectivity index (χ0n) is 18.3. The van der Waals surface area contributed by atoms with Crippen molar-refractivity contribution >= 4 is 39.8 Å². The fourth-order valence-corrected chi connectivity index (χ4v) is 4.03. The zero-order chi connectivity index (χ0) is 23.6. The number of benzene rings is 3. The van der Waals surface area contributed by atoms with E-state index in [0.29, 0.717) is 12.2 Å². The van der Waals surface area contributed by atoms with E-state index < -0.39 is 0 Å². The summed E-state index contributed by atoms with van der Waals surface area (Å²) in [6, 6.07) is 23.8. The molecule has 0 bridgehead atoms. The second-order valence-corrected chi connectivity index (χ2v) is 9.32. The van der Waals surface area contributed by atoms with Crippen LogP contribution in [0.4, 0.5) is 0 Å². The second kappa shape index (κ2) is 12.1. The summed E-state index contributed by atoms with van der Waals surface area (Å²) >= 11 is 2.34. The quantitative estimate of drug-likeness (QED) is 0.183. The van der Waals surface area contributed by atoms with Crippen molar-refractivity contribution in [2.75, 3.05) is 0 Å². The number of rotatable bonds is 9. The Hall–Kier alpha value is -3.28. The number of hydrogen-bond acceptors (Lipinski definition) is 5. The van der Waals surface area contributed by atoms with Crippen molar-refractivity contribution in [3.8, 4) is 11.1 Å². The molecule has 3 rings (SSSR count). The highest BCUT2D eigenvalue weighted by Gasteiger charge is 2.05. The molecule has 3 nitrogen and oxygen atoms in total. The lowest BCUT2D eigenvalue weighted by Crippen LogP contribution is -1.91. The third-order valence-electron chi connectivity index (χ3n) is 4.57. The lowest BCUT2D eigenvalue weighted by Gasteiger charge is -2.05. The molecule has 0 amide bonds. The van der Waals surface area contributed by atoms with Gasteiger partial charge in [0.25, 0.3) is 0 Å². The maximum absolute atomic E-state index is 11.7. The summed E-state index contributed by atoms with van der Waals surface area (Å²) in [6.45, 7) is 9.32. The Morgan fingerprint density at radius 1 is 0.848 bits per heavy atom. The first-order chi connectivity index (χ1) is 15.9. The van der Waals surface area contributed by atoms with Crippen LogP contribution in [0.3, 0.4) is 0 Å². The number of carbonyl (C=O) groups is 2. The highest BCUT2D eigenvalue weighted by molar-refractivity contribution is 8.14. The van der Waals surface area contributed by atoms with E-state index in [1.807, 2.05) is 66.7 Å². The second-order valence-electron chi connectivity index (χ2n) is 7.20. The van der Waals surface area contributed by atoms with E-state index in [1.54, 1.807) is 13.2 Å². The first-order valence-corrected chi connectivity index (χ1v) is 11.9. The molecule has 0 aliphatic heterocycles. The molecule has 0 radical (unpaired) electrons. The minimum absolute atomic E-state index is 0.0241. The van der Waals surface area contributed by atoms with Gasteiger partial charge in [0.05, 0.1) is 6.26 Å². The standard InChI is InChI=1S/C28H24O3S2/c1-4-27(29)32-25-15-11-24(12-16-25)23-9-5-21(6-10-23)17-18-31-19-22-7-13-26(14-8-22)33-28(30)20(2)3/h4-18H,1-2,19H2,3H3/b18-17+. The Morgan fingerprint density at radius 3 is 1.97 bits per heavy atom. The van der Waals surface area contributed by atoms with Crippen molar-refractivity contribution in [1.29, 1.82) is 0 Å². The SMILES string of the molecule is C=CC(=O)Sc1ccc(-c2ccc(/C=C/OCc3ccc(SC(=O)C(=C)C)cc3)cc2)cc1. The summed E-state index contributed by atoms with van der Waals surface area (Å²) < 4.78 is 5.65. The van der Waals surface area contributed by atoms with Gasteiger partial charge in [0.2, 0.25) is 10.2 Å². The largest absolute Gasteiger partial charge is 0.496 e. The van der Waals surface area contributed by atoms with Crippen LogP contribution >= 0.6 is 23.5 Å². The summed E-state index contributed by atoms with van der Waals surface area (Å²) in [4.78, 5) is 24.9. The lowest BCUT2D eigenvalue weighted by atomic mass is 10.0. The molecule has 0 fully saturated rings. The van der Waals surface area contributed by atoms with E-state index in [0.717, 1.165) is 32.0 Å². The first-order valence-electron chi connectivity index (χ1n) is 10.2. The van der Waals surface area contributed by atoms with E-state index in [9.17, 15) is 9.59 Å². The Kier molecular flexibility index (Phi) is 8.93. The van der Waals surface area contributed by atoms with Gasteiger partial charge >= 0.3 is 0 Å². The minimum Gasteiger partial charge on any atom is -0.496 e. The van der Waals surface area contributed by atoms with Gasteiger partial charge in [-0.2, -0.15) is 0 Å². The summed E-state index contributed by atoms with van der Waals surface area (Å²) in [5.74, 6) is 0. The van der Waals surface area contributed by atoms with Crippen molar-refractivity contribution in [1.82, 2.24) is 0 Å². The average Bonchev–Trinajstić information content (AvgIpc) is 2.83. The lowest BCUT2D eigenvalue weighted by molar-refractivity contribution is -0.108. The van der Waals surface area contributed by atoms with Crippen molar-refractivity contribution in [3.63, 3.8) is 0 Å². The zero-order valence-corrected chi connectivity index (χ0v) is 20.0. The van der Waals surface area contributed by atoms with Crippen LogP contribution in [-0.4, -0.2) is 10.2 Å². The summed E-state index contributed by atoms with van der Waals surface area (Å²) in [7, 11) is 0. The topological polar surface area (TPSA) is 43.4 Å². The van der Waals surface area contributed by atoms with Crippen LogP contribution < -0.4 is 0 Å². The van der Waals surface area contributed by atoms with Crippen LogP contribution in [-0.2, 0) is 20.9 Å². The summed E-state index contributed by atoms with van der Waals surface area (Å²) in [6.07, 6.45) is 4.92. The number of ether oxygens (including phenoxy) is 1. The number of carbonyl (C=O) groups excluding carboxylic acids is 2. The Balaban J connectivity index is 1.50. The normalized spacial score (nSPS) is 10.7. The molecular formula is C28H24O3S2. The van der Waals surface area contributed by atoms with E-state index in [-0.39, 0.29) is 10.2 Å². The molecule has 3 aromatic rings. The van der Waals surface area contributed by atoms with Gasteiger partial charge in [0, 0.05) is 9.79 Å². The summed E-state index contributed by atoms with van der Waals surface area (Å²) in [5.41, 5.74) is 4.79. The third kappa shape index (κ3) is 7.67.